The highest BCUT2D eigenvalue weighted by atomic mass is 19.1. The van der Waals surface area contributed by atoms with Crippen molar-refractivity contribution in [2.75, 3.05) is 33.3 Å². The number of carbonyl (C=O) groups excluding carboxylic acids is 2. The van der Waals surface area contributed by atoms with Crippen molar-refractivity contribution in [3.63, 3.8) is 0 Å². The van der Waals surface area contributed by atoms with Gasteiger partial charge in [0.1, 0.15) is 17.4 Å². The van der Waals surface area contributed by atoms with Gasteiger partial charge in [0, 0.05) is 37.6 Å². The zero-order valence-electron chi connectivity index (χ0n) is 24.5. The molecule has 0 spiro atoms. The van der Waals surface area contributed by atoms with Gasteiger partial charge < -0.3 is 20.5 Å². The molecule has 0 bridgehead atoms. The smallest absolute Gasteiger partial charge is 0.345 e. The summed E-state index contributed by atoms with van der Waals surface area (Å²) in [7, 11) is 1.58. The molecular weight excluding hydrogens is 540 g/mol. The first-order chi connectivity index (χ1) is 20.1. The summed E-state index contributed by atoms with van der Waals surface area (Å²) in [6.45, 7) is 6.64. The van der Waals surface area contributed by atoms with Crippen LogP contribution in [0.4, 0.5) is 8.78 Å². The second kappa shape index (κ2) is 14.0. The van der Waals surface area contributed by atoms with Gasteiger partial charge in [-0.2, -0.15) is 0 Å². The predicted octanol–water partition coefficient (Wildman–Crippen LogP) is 4.54. The van der Waals surface area contributed by atoms with Crippen LogP contribution in [0, 0.1) is 18.6 Å². The average Bonchev–Trinajstić information content (AvgIpc) is 3.46. The normalized spacial score (nSPS) is 15.7. The maximum Gasteiger partial charge on any atom is 0.345 e. The zero-order valence-corrected chi connectivity index (χ0v) is 24.5. The van der Waals surface area contributed by atoms with Crippen LogP contribution in [-0.4, -0.2) is 66.8 Å². The Morgan fingerprint density at radius 1 is 0.976 bits per heavy atom. The lowest BCUT2D eigenvalue weighted by Crippen LogP contribution is -2.50. The molecule has 3 aromatic rings. The Bertz CT molecular complexity index is 1390. The molecule has 1 fully saturated rings. The van der Waals surface area contributed by atoms with Crippen molar-refractivity contribution < 1.29 is 32.7 Å². The van der Waals surface area contributed by atoms with Crippen molar-refractivity contribution in [1.82, 2.24) is 10.6 Å². The van der Waals surface area contributed by atoms with Crippen LogP contribution < -0.4 is 15.4 Å². The number of halogens is 2. The van der Waals surface area contributed by atoms with Gasteiger partial charge in [-0.25, -0.2) is 13.6 Å². The number of nitrogens with one attached hydrogen (secondary N) is 2. The van der Waals surface area contributed by atoms with Crippen molar-refractivity contribution in [2.24, 2.45) is 0 Å². The zero-order chi connectivity index (χ0) is 30.3. The number of benzene rings is 3. The molecule has 2 unspecified atom stereocenters. The molecule has 0 aromatic heterocycles. The fraction of sp³-hybridized carbons (Fsp3) is 0.394. The van der Waals surface area contributed by atoms with Crippen LogP contribution in [0.25, 0.3) is 0 Å². The van der Waals surface area contributed by atoms with E-state index in [0.717, 1.165) is 43.1 Å². The largest absolute Gasteiger partial charge is 0.497 e. The van der Waals surface area contributed by atoms with Crippen molar-refractivity contribution >= 4 is 11.8 Å². The summed E-state index contributed by atoms with van der Waals surface area (Å²) in [4.78, 5) is 27.1. The van der Waals surface area contributed by atoms with Crippen LogP contribution in [-0.2, 0) is 13.0 Å². The van der Waals surface area contributed by atoms with E-state index >= 15 is 0 Å². The predicted molar refractivity (Wildman–Crippen MR) is 157 cm³/mol. The Labute approximate surface area is 246 Å². The lowest BCUT2D eigenvalue weighted by Gasteiger charge is -2.30. The summed E-state index contributed by atoms with van der Waals surface area (Å²) in [6, 6.07) is 14.9. The number of carbonyl (C=O) groups is 2. The van der Waals surface area contributed by atoms with Gasteiger partial charge >= 0.3 is 5.91 Å². The minimum atomic E-state index is -1.09. The maximum atomic E-state index is 14.0. The highest BCUT2D eigenvalue weighted by molar-refractivity contribution is 5.98. The summed E-state index contributed by atoms with van der Waals surface area (Å²) in [6.07, 6.45) is 0.890. The van der Waals surface area contributed by atoms with Gasteiger partial charge in [-0.1, -0.05) is 12.1 Å². The van der Waals surface area contributed by atoms with Crippen LogP contribution in [0.15, 0.2) is 60.7 Å². The van der Waals surface area contributed by atoms with Crippen LogP contribution in [0.1, 0.15) is 57.2 Å². The number of aryl methyl sites for hydroxylation is 1. The molecule has 224 valence electrons. The Morgan fingerprint density at radius 3 is 2.33 bits per heavy atom. The Morgan fingerprint density at radius 2 is 1.67 bits per heavy atom. The molecule has 0 radical (unpaired) electrons. The first kappa shape index (κ1) is 31.3. The maximum absolute atomic E-state index is 14.0. The van der Waals surface area contributed by atoms with Gasteiger partial charge in [0.05, 0.1) is 44.5 Å². The molecule has 7 nitrogen and oxygen atoms in total. The van der Waals surface area contributed by atoms with Crippen molar-refractivity contribution in [3.8, 4) is 5.75 Å². The molecule has 4 rings (SSSR count). The molecule has 3 N–H and O–H groups in total. The summed E-state index contributed by atoms with van der Waals surface area (Å²) in [5, 5.41) is 17.2. The van der Waals surface area contributed by atoms with E-state index in [1.54, 1.807) is 25.3 Å². The Kier molecular flexibility index (Phi) is 10.4. The first-order valence-corrected chi connectivity index (χ1v) is 14.4. The SMILES string of the molecule is CC[N+]1(C(=O)c2cc(C)cc(C(=O)NC(Cc3cc(F)cc(F)c3)C(O)CNCc3cccc(OC)c3)c2)CCCC1. The number of methoxy groups -OCH3 is 1. The number of ether oxygens (including phenoxy) is 1. The van der Waals surface area contributed by atoms with E-state index in [2.05, 4.69) is 10.6 Å². The minimum absolute atomic E-state index is 0.00122. The summed E-state index contributed by atoms with van der Waals surface area (Å²) >= 11 is 0. The molecule has 3 aromatic carbocycles. The highest BCUT2D eigenvalue weighted by Crippen LogP contribution is 2.24. The van der Waals surface area contributed by atoms with Crippen molar-refractivity contribution in [2.45, 2.75) is 51.8 Å². The minimum Gasteiger partial charge on any atom is -0.497 e. The molecule has 1 heterocycles. The van der Waals surface area contributed by atoms with Crippen LogP contribution >= 0.6 is 0 Å². The fourth-order valence-electron chi connectivity index (χ4n) is 5.72. The van der Waals surface area contributed by atoms with E-state index in [1.807, 2.05) is 38.1 Å². The summed E-state index contributed by atoms with van der Waals surface area (Å²) < 4.78 is 33.6. The van der Waals surface area contributed by atoms with E-state index in [4.69, 9.17) is 4.74 Å². The lowest BCUT2D eigenvalue weighted by molar-refractivity contribution is -0.834. The van der Waals surface area contributed by atoms with Crippen molar-refractivity contribution in [1.29, 1.82) is 0 Å². The lowest BCUT2D eigenvalue weighted by atomic mass is 9.99. The monoisotopic (exact) mass is 580 g/mol. The number of rotatable bonds is 12. The van der Waals surface area contributed by atoms with E-state index in [-0.39, 0.29) is 18.9 Å². The van der Waals surface area contributed by atoms with Crippen LogP contribution in [0.3, 0.4) is 0 Å². The highest BCUT2D eigenvalue weighted by Gasteiger charge is 2.39. The van der Waals surface area contributed by atoms with Crippen LogP contribution in [0.5, 0.6) is 5.75 Å². The number of amides is 2. The summed E-state index contributed by atoms with van der Waals surface area (Å²) in [5.74, 6) is -1.25. The molecule has 1 aliphatic rings. The van der Waals surface area contributed by atoms with Crippen molar-refractivity contribution in [3.05, 3.63) is 100 Å². The van der Waals surface area contributed by atoms with Gasteiger partial charge in [-0.15, -0.1) is 0 Å². The number of hydrogen-bond acceptors (Lipinski definition) is 5. The number of aliphatic hydroxyl groups excluding tert-OH is 1. The van der Waals surface area contributed by atoms with E-state index in [1.165, 1.54) is 12.1 Å². The van der Waals surface area contributed by atoms with Gasteiger partial charge in [-0.3, -0.25) is 9.28 Å². The van der Waals surface area contributed by atoms with Gasteiger partial charge in [0.25, 0.3) is 5.91 Å². The molecule has 2 amide bonds. The fourth-order valence-corrected chi connectivity index (χ4v) is 5.72. The summed E-state index contributed by atoms with van der Waals surface area (Å²) in [5.41, 5.74) is 2.78. The van der Waals surface area contributed by atoms with Gasteiger partial charge in [-0.05, 0) is 79.4 Å². The molecule has 9 heteroatoms. The standard InChI is InChI=1S/C33H39F2N3O4/c1-4-38(10-5-6-11-38)33(41)26-13-22(2)12-25(18-26)32(40)37-30(17-24-14-27(34)19-28(35)15-24)31(39)21-36-20-23-8-7-9-29(16-23)42-3/h7-9,12-16,18-19,30-31,36,39H,4-6,10-11,17,20-21H2,1-3H3/p+1. The topological polar surface area (TPSA) is 87.7 Å². The molecule has 42 heavy (non-hydrogen) atoms. The Hall–Kier alpha value is -3.66. The van der Waals surface area contributed by atoms with Gasteiger partial charge in [0.2, 0.25) is 0 Å². The van der Waals surface area contributed by atoms with E-state index < -0.39 is 29.7 Å². The second-order valence-electron chi connectivity index (χ2n) is 11.1. The number of hydrogen-bond donors (Lipinski definition) is 3. The average molecular weight is 581 g/mol. The molecule has 1 aliphatic heterocycles. The van der Waals surface area contributed by atoms with Gasteiger partial charge in [0.15, 0.2) is 0 Å². The third-order valence-electron chi connectivity index (χ3n) is 8.02. The quantitative estimate of drug-likeness (QED) is 0.274. The second-order valence-corrected chi connectivity index (χ2v) is 11.1. The van der Waals surface area contributed by atoms with Crippen LogP contribution in [0.2, 0.25) is 0 Å². The molecule has 1 saturated heterocycles. The molecular formula is C33H40F2N3O4+. The first-order valence-electron chi connectivity index (χ1n) is 14.4. The molecule has 2 atom stereocenters. The van der Waals surface area contributed by atoms with E-state index in [9.17, 15) is 23.5 Å². The Balaban J connectivity index is 1.52. The molecule has 0 aliphatic carbocycles. The number of quaternary nitrogens is 1. The number of nitrogens with zero attached hydrogens (tertiary/aromatic N) is 1. The number of likely N-dealkylation sites (tertiary alicyclic amines) is 1. The van der Waals surface area contributed by atoms with E-state index in [0.29, 0.717) is 40.0 Å². The third-order valence-corrected chi connectivity index (χ3v) is 8.02. The number of aliphatic hydroxyl groups is 1. The molecule has 0 saturated carbocycles. The third kappa shape index (κ3) is 7.79.